The Bertz CT molecular complexity index is 1230. The molecule has 1 N–H and O–H groups in total. The van der Waals surface area contributed by atoms with Crippen molar-refractivity contribution < 1.29 is 9.53 Å². The highest BCUT2D eigenvalue weighted by atomic mass is 32.2. The minimum absolute atomic E-state index is 0.0879. The molecule has 0 radical (unpaired) electrons. The van der Waals surface area contributed by atoms with Gasteiger partial charge in [-0.1, -0.05) is 53.9 Å². The summed E-state index contributed by atoms with van der Waals surface area (Å²) in [7, 11) is 3.54. The Hall–Kier alpha value is -3.23. The van der Waals surface area contributed by atoms with Crippen LogP contribution in [0.2, 0.25) is 0 Å². The lowest BCUT2D eigenvalue weighted by Gasteiger charge is -2.14. The summed E-state index contributed by atoms with van der Waals surface area (Å²) < 4.78 is 7.12. The smallest absolute Gasteiger partial charge is 0.237 e. The first-order valence-corrected chi connectivity index (χ1v) is 12.1. The molecule has 0 saturated heterocycles. The van der Waals surface area contributed by atoms with E-state index in [9.17, 15) is 4.79 Å². The summed E-state index contributed by atoms with van der Waals surface area (Å²) in [6.45, 7) is 1.87. The van der Waals surface area contributed by atoms with Gasteiger partial charge in [-0.15, -0.1) is 10.2 Å². The fourth-order valence-electron chi connectivity index (χ4n) is 3.13. The highest BCUT2D eigenvalue weighted by Crippen LogP contribution is 2.34. The van der Waals surface area contributed by atoms with E-state index in [0.29, 0.717) is 5.16 Å². The van der Waals surface area contributed by atoms with Crippen LogP contribution in [-0.2, 0) is 11.8 Å². The first-order chi connectivity index (χ1) is 16.0. The van der Waals surface area contributed by atoms with Gasteiger partial charge in [0.25, 0.3) is 0 Å². The van der Waals surface area contributed by atoms with Gasteiger partial charge in [0.05, 0.1) is 18.0 Å². The first kappa shape index (κ1) is 22.9. The minimum atomic E-state index is -0.355. The monoisotopic (exact) mass is 476 g/mol. The van der Waals surface area contributed by atoms with Crippen molar-refractivity contribution in [3.8, 4) is 17.1 Å². The first-order valence-electron chi connectivity index (χ1n) is 10.4. The van der Waals surface area contributed by atoms with Gasteiger partial charge in [0.1, 0.15) is 5.75 Å². The number of benzene rings is 3. The number of ether oxygens (including phenoxy) is 1. The molecule has 1 aromatic heterocycles. The maximum atomic E-state index is 13.0. The van der Waals surface area contributed by atoms with Gasteiger partial charge < -0.3 is 14.6 Å². The van der Waals surface area contributed by atoms with Crippen molar-refractivity contribution in [2.24, 2.45) is 7.05 Å². The van der Waals surface area contributed by atoms with E-state index >= 15 is 0 Å². The zero-order valence-corrected chi connectivity index (χ0v) is 20.2. The van der Waals surface area contributed by atoms with E-state index in [2.05, 4.69) is 27.6 Å². The summed E-state index contributed by atoms with van der Waals surface area (Å²) in [6.07, 6.45) is 0. The molecule has 4 rings (SSSR count). The number of amides is 1. The van der Waals surface area contributed by atoms with Gasteiger partial charge in [0, 0.05) is 22.4 Å². The van der Waals surface area contributed by atoms with Crippen LogP contribution in [0, 0.1) is 0 Å². The van der Waals surface area contributed by atoms with Crippen LogP contribution in [-0.4, -0.2) is 33.0 Å². The molecule has 6 nitrogen and oxygen atoms in total. The second kappa shape index (κ2) is 10.6. The fraction of sp³-hybridized carbons (Fsp3) is 0.160. The summed E-state index contributed by atoms with van der Waals surface area (Å²) >= 11 is 3.00. The summed E-state index contributed by atoms with van der Waals surface area (Å²) in [4.78, 5) is 15.1. The number of para-hydroxylation sites is 1. The van der Waals surface area contributed by atoms with Crippen molar-refractivity contribution in [3.63, 3.8) is 0 Å². The second-order valence-corrected chi connectivity index (χ2v) is 9.68. The molecule has 33 heavy (non-hydrogen) atoms. The zero-order valence-electron chi connectivity index (χ0n) is 18.6. The number of nitrogens with one attached hydrogen (secondary N) is 1. The lowest BCUT2D eigenvalue weighted by atomic mass is 10.2. The molecule has 3 aromatic carbocycles. The van der Waals surface area contributed by atoms with E-state index in [1.807, 2.05) is 85.3 Å². The quantitative estimate of drug-likeness (QED) is 0.326. The van der Waals surface area contributed by atoms with Crippen molar-refractivity contribution in [2.45, 2.75) is 27.1 Å². The third-order valence-electron chi connectivity index (χ3n) is 4.95. The molecule has 0 fully saturated rings. The Morgan fingerprint density at radius 2 is 1.67 bits per heavy atom. The fourth-order valence-corrected chi connectivity index (χ4v) is 4.87. The number of carbonyl (C=O) groups excluding carboxylic acids is 1. The predicted octanol–water partition coefficient (Wildman–Crippen LogP) is 5.76. The SMILES string of the molecule is COc1ccc(-c2nnc(SC(C)C(=O)Nc3ccccc3Sc3ccccc3)n2C)cc1. The number of hydrogen-bond acceptors (Lipinski definition) is 6. The lowest BCUT2D eigenvalue weighted by Crippen LogP contribution is -2.23. The normalized spacial score (nSPS) is 11.7. The van der Waals surface area contributed by atoms with Crippen LogP contribution in [0.15, 0.2) is 93.8 Å². The van der Waals surface area contributed by atoms with Crippen LogP contribution in [0.3, 0.4) is 0 Å². The van der Waals surface area contributed by atoms with Crippen molar-refractivity contribution >= 4 is 35.1 Å². The predicted molar refractivity (Wildman–Crippen MR) is 134 cm³/mol. The molecule has 1 heterocycles. The topological polar surface area (TPSA) is 69.0 Å². The van der Waals surface area contributed by atoms with E-state index in [-0.39, 0.29) is 11.2 Å². The molecular formula is C25H24N4O2S2. The molecule has 4 aromatic rings. The molecular weight excluding hydrogens is 452 g/mol. The van der Waals surface area contributed by atoms with Crippen molar-refractivity contribution in [1.29, 1.82) is 0 Å². The Morgan fingerprint density at radius 1 is 0.970 bits per heavy atom. The summed E-state index contributed by atoms with van der Waals surface area (Å²) in [6, 6.07) is 25.6. The summed E-state index contributed by atoms with van der Waals surface area (Å²) in [5.41, 5.74) is 1.72. The van der Waals surface area contributed by atoms with E-state index in [4.69, 9.17) is 4.74 Å². The van der Waals surface area contributed by atoms with E-state index in [0.717, 1.165) is 32.6 Å². The molecule has 1 amide bonds. The molecule has 8 heteroatoms. The average molecular weight is 477 g/mol. The van der Waals surface area contributed by atoms with Gasteiger partial charge in [-0.2, -0.15) is 0 Å². The number of aromatic nitrogens is 3. The highest BCUT2D eigenvalue weighted by molar-refractivity contribution is 8.00. The summed E-state index contributed by atoms with van der Waals surface area (Å²) in [5.74, 6) is 1.43. The van der Waals surface area contributed by atoms with Crippen molar-refractivity contribution in [3.05, 3.63) is 78.9 Å². The van der Waals surface area contributed by atoms with Crippen LogP contribution >= 0.6 is 23.5 Å². The van der Waals surface area contributed by atoms with Crippen LogP contribution < -0.4 is 10.1 Å². The Balaban J connectivity index is 1.44. The van der Waals surface area contributed by atoms with E-state index < -0.39 is 0 Å². The zero-order chi connectivity index (χ0) is 23.2. The van der Waals surface area contributed by atoms with Crippen LogP contribution in [0.25, 0.3) is 11.4 Å². The largest absolute Gasteiger partial charge is 0.497 e. The molecule has 0 spiro atoms. The summed E-state index contributed by atoms with van der Waals surface area (Å²) in [5, 5.41) is 12.0. The minimum Gasteiger partial charge on any atom is -0.497 e. The Kier molecular flexibility index (Phi) is 7.36. The van der Waals surface area contributed by atoms with Crippen LogP contribution in [0.1, 0.15) is 6.92 Å². The van der Waals surface area contributed by atoms with E-state index in [1.54, 1.807) is 18.9 Å². The number of rotatable bonds is 8. The van der Waals surface area contributed by atoms with Gasteiger partial charge in [0.2, 0.25) is 5.91 Å². The molecule has 0 aliphatic carbocycles. The number of anilines is 1. The maximum absolute atomic E-state index is 13.0. The maximum Gasteiger partial charge on any atom is 0.237 e. The molecule has 0 bridgehead atoms. The van der Waals surface area contributed by atoms with Crippen molar-refractivity contribution in [2.75, 3.05) is 12.4 Å². The Labute approximate surface area is 201 Å². The average Bonchev–Trinajstić information content (AvgIpc) is 3.20. The lowest BCUT2D eigenvalue weighted by molar-refractivity contribution is -0.115. The number of thioether (sulfide) groups is 1. The van der Waals surface area contributed by atoms with Gasteiger partial charge in [-0.3, -0.25) is 4.79 Å². The number of methoxy groups -OCH3 is 1. The van der Waals surface area contributed by atoms with Crippen LogP contribution in [0.4, 0.5) is 5.69 Å². The molecule has 1 atom stereocenters. The molecule has 0 saturated carbocycles. The third kappa shape index (κ3) is 5.58. The molecule has 0 aliphatic rings. The van der Waals surface area contributed by atoms with E-state index in [1.165, 1.54) is 11.8 Å². The standard InChI is InChI=1S/C25H24N4O2S2/c1-17(32-25-28-27-23(29(25)2)18-13-15-19(31-3)16-14-18)24(30)26-21-11-7-8-12-22(21)33-20-9-5-4-6-10-20/h4-17H,1-3H3,(H,26,30). The molecule has 1 unspecified atom stereocenters. The number of hydrogen-bond donors (Lipinski definition) is 1. The number of carbonyl (C=O) groups is 1. The van der Waals surface area contributed by atoms with Crippen LogP contribution in [0.5, 0.6) is 5.75 Å². The highest BCUT2D eigenvalue weighted by Gasteiger charge is 2.20. The Morgan fingerprint density at radius 3 is 2.39 bits per heavy atom. The van der Waals surface area contributed by atoms with Gasteiger partial charge in [-0.05, 0) is 55.5 Å². The molecule has 168 valence electrons. The molecule has 0 aliphatic heterocycles. The van der Waals surface area contributed by atoms with Crippen molar-refractivity contribution in [1.82, 2.24) is 14.8 Å². The van der Waals surface area contributed by atoms with Gasteiger partial charge in [-0.25, -0.2) is 0 Å². The second-order valence-electron chi connectivity index (χ2n) is 7.25. The third-order valence-corrected chi connectivity index (χ3v) is 7.17. The van der Waals surface area contributed by atoms with Gasteiger partial charge in [0.15, 0.2) is 11.0 Å². The number of nitrogens with zero attached hydrogens (tertiary/aromatic N) is 3. The van der Waals surface area contributed by atoms with Gasteiger partial charge >= 0.3 is 0 Å².